The van der Waals surface area contributed by atoms with Crippen LogP contribution >= 0.6 is 24.0 Å². The molecule has 1 N–H and O–H groups in total. The summed E-state index contributed by atoms with van der Waals surface area (Å²) in [6, 6.07) is 3.76. The second kappa shape index (κ2) is 11.6. The van der Waals surface area contributed by atoms with E-state index in [1.165, 1.54) is 41.8 Å². The standard InChI is InChI=1S/C24H32N4O2S2/c1-4-6-7-8-9-10-14-28-23(30)19(32-24(28)31)16-18-20(25-13-5-2)26-21-17(3)12-11-15-27(21)22(18)29/h11-12,15-16,25H,4-10,13-14H2,1-3H3. The first kappa shape index (κ1) is 24.5. The number of hydrogen-bond donors (Lipinski definition) is 1. The number of thioether (sulfide) groups is 1. The van der Waals surface area contributed by atoms with Crippen molar-refractivity contribution in [1.82, 2.24) is 14.3 Å². The van der Waals surface area contributed by atoms with Crippen LogP contribution in [0, 0.1) is 6.92 Å². The van der Waals surface area contributed by atoms with Crippen molar-refractivity contribution in [2.24, 2.45) is 0 Å². The minimum absolute atomic E-state index is 0.122. The minimum Gasteiger partial charge on any atom is -0.369 e. The zero-order valence-electron chi connectivity index (χ0n) is 19.1. The number of carbonyl (C=O) groups is 1. The van der Waals surface area contributed by atoms with Crippen molar-refractivity contribution in [3.05, 3.63) is 44.7 Å². The molecule has 32 heavy (non-hydrogen) atoms. The molecule has 172 valence electrons. The molecular weight excluding hydrogens is 440 g/mol. The van der Waals surface area contributed by atoms with E-state index < -0.39 is 0 Å². The fourth-order valence-corrected chi connectivity index (χ4v) is 4.98. The van der Waals surface area contributed by atoms with Gasteiger partial charge in [0.1, 0.15) is 15.8 Å². The van der Waals surface area contributed by atoms with Crippen LogP contribution in [0.25, 0.3) is 11.7 Å². The average molecular weight is 473 g/mol. The van der Waals surface area contributed by atoms with Crippen molar-refractivity contribution in [1.29, 1.82) is 0 Å². The highest BCUT2D eigenvalue weighted by molar-refractivity contribution is 8.26. The first-order chi connectivity index (χ1) is 15.5. The van der Waals surface area contributed by atoms with Crippen LogP contribution < -0.4 is 10.9 Å². The third kappa shape index (κ3) is 5.59. The number of aryl methyl sites for hydroxylation is 1. The lowest BCUT2D eigenvalue weighted by atomic mass is 10.1. The Morgan fingerprint density at radius 2 is 1.88 bits per heavy atom. The molecule has 6 nitrogen and oxygen atoms in total. The molecule has 2 aromatic rings. The van der Waals surface area contributed by atoms with E-state index in [1.807, 2.05) is 19.1 Å². The lowest BCUT2D eigenvalue weighted by Crippen LogP contribution is -2.29. The Kier molecular flexibility index (Phi) is 8.87. The smallest absolute Gasteiger partial charge is 0.267 e. The van der Waals surface area contributed by atoms with E-state index in [1.54, 1.807) is 17.2 Å². The molecule has 0 aromatic carbocycles. The van der Waals surface area contributed by atoms with Crippen molar-refractivity contribution in [3.8, 4) is 0 Å². The lowest BCUT2D eigenvalue weighted by Gasteiger charge is -2.14. The number of anilines is 1. The summed E-state index contributed by atoms with van der Waals surface area (Å²) >= 11 is 6.74. The maximum Gasteiger partial charge on any atom is 0.267 e. The van der Waals surface area contributed by atoms with E-state index >= 15 is 0 Å². The van der Waals surface area contributed by atoms with Crippen LogP contribution in [0.5, 0.6) is 0 Å². The highest BCUT2D eigenvalue weighted by Crippen LogP contribution is 2.33. The van der Waals surface area contributed by atoms with Gasteiger partial charge >= 0.3 is 0 Å². The van der Waals surface area contributed by atoms with Gasteiger partial charge in [-0.15, -0.1) is 0 Å². The quantitative estimate of drug-likeness (QED) is 0.269. The van der Waals surface area contributed by atoms with Crippen molar-refractivity contribution in [2.75, 3.05) is 18.4 Å². The minimum atomic E-state index is -0.196. The van der Waals surface area contributed by atoms with Crippen LogP contribution in [0.15, 0.2) is 28.0 Å². The number of fused-ring (bicyclic) bond motifs is 1. The van der Waals surface area contributed by atoms with Gasteiger partial charge in [0.15, 0.2) is 0 Å². The van der Waals surface area contributed by atoms with Gasteiger partial charge in [-0.3, -0.25) is 18.9 Å². The summed E-state index contributed by atoms with van der Waals surface area (Å²) in [7, 11) is 0. The summed E-state index contributed by atoms with van der Waals surface area (Å²) in [6.07, 6.45) is 11.2. The second-order valence-corrected chi connectivity index (χ2v) is 9.77. The van der Waals surface area contributed by atoms with Gasteiger partial charge < -0.3 is 5.32 Å². The molecule has 0 unspecified atom stereocenters. The predicted octanol–water partition coefficient (Wildman–Crippen LogP) is 5.39. The molecule has 2 aromatic heterocycles. The number of pyridine rings is 1. The Bertz CT molecular complexity index is 1080. The predicted molar refractivity (Wildman–Crippen MR) is 138 cm³/mol. The molecule has 1 saturated heterocycles. The molecule has 8 heteroatoms. The molecule has 1 fully saturated rings. The third-order valence-electron chi connectivity index (χ3n) is 5.51. The molecule has 3 rings (SSSR count). The van der Waals surface area contributed by atoms with Gasteiger partial charge in [0, 0.05) is 19.3 Å². The molecule has 1 aliphatic rings. The summed E-state index contributed by atoms with van der Waals surface area (Å²) in [4.78, 5) is 33.2. The SMILES string of the molecule is CCCCCCCCN1C(=O)C(=Cc2c(NCCC)nc3c(C)cccn3c2=O)SC1=S. The third-order valence-corrected chi connectivity index (χ3v) is 6.89. The average Bonchev–Trinajstić information content (AvgIpc) is 3.04. The monoisotopic (exact) mass is 472 g/mol. The van der Waals surface area contributed by atoms with E-state index in [9.17, 15) is 9.59 Å². The summed E-state index contributed by atoms with van der Waals surface area (Å²) in [5.41, 5.74) is 1.73. The van der Waals surface area contributed by atoms with Gasteiger partial charge in [0.2, 0.25) is 0 Å². The number of carbonyl (C=O) groups excluding carboxylic acids is 1. The molecule has 0 spiro atoms. The Morgan fingerprint density at radius 1 is 1.12 bits per heavy atom. The summed E-state index contributed by atoms with van der Waals surface area (Å²) in [6.45, 7) is 7.50. The van der Waals surface area contributed by atoms with E-state index in [-0.39, 0.29) is 11.5 Å². The van der Waals surface area contributed by atoms with E-state index in [4.69, 9.17) is 17.2 Å². The van der Waals surface area contributed by atoms with Crippen molar-refractivity contribution in [2.45, 2.75) is 65.7 Å². The second-order valence-electron chi connectivity index (χ2n) is 8.09. The van der Waals surface area contributed by atoms with Crippen molar-refractivity contribution >= 4 is 51.7 Å². The van der Waals surface area contributed by atoms with Gasteiger partial charge in [0.05, 0.1) is 10.5 Å². The number of nitrogens with zero attached hydrogens (tertiary/aromatic N) is 3. The maximum absolute atomic E-state index is 13.3. The number of rotatable bonds is 11. The highest BCUT2D eigenvalue weighted by Gasteiger charge is 2.32. The molecule has 0 saturated carbocycles. The zero-order chi connectivity index (χ0) is 23.1. The van der Waals surface area contributed by atoms with Crippen LogP contribution in [0.2, 0.25) is 0 Å². The van der Waals surface area contributed by atoms with Crippen LogP contribution in [-0.4, -0.2) is 37.6 Å². The molecule has 0 bridgehead atoms. The molecule has 0 radical (unpaired) electrons. The molecule has 1 aliphatic heterocycles. The number of unbranched alkanes of at least 4 members (excludes halogenated alkanes) is 5. The fourth-order valence-electron chi connectivity index (χ4n) is 3.69. The van der Waals surface area contributed by atoms with Gasteiger partial charge in [-0.25, -0.2) is 4.98 Å². The Balaban J connectivity index is 1.86. The number of hydrogen-bond acceptors (Lipinski definition) is 6. The van der Waals surface area contributed by atoms with E-state index in [0.29, 0.717) is 39.3 Å². The topological polar surface area (TPSA) is 66.7 Å². The lowest BCUT2D eigenvalue weighted by molar-refractivity contribution is -0.122. The first-order valence-corrected chi connectivity index (χ1v) is 12.7. The Morgan fingerprint density at radius 3 is 2.62 bits per heavy atom. The largest absolute Gasteiger partial charge is 0.369 e. The van der Waals surface area contributed by atoms with Crippen molar-refractivity contribution < 1.29 is 4.79 Å². The van der Waals surface area contributed by atoms with Crippen LogP contribution in [0.1, 0.15) is 69.9 Å². The Hall–Kier alpha value is -2.19. The first-order valence-electron chi connectivity index (χ1n) is 11.5. The molecule has 3 heterocycles. The van der Waals surface area contributed by atoms with Crippen LogP contribution in [0.3, 0.4) is 0 Å². The van der Waals surface area contributed by atoms with Crippen LogP contribution in [0.4, 0.5) is 5.82 Å². The van der Waals surface area contributed by atoms with Gasteiger partial charge in [0.25, 0.3) is 11.5 Å². The highest BCUT2D eigenvalue weighted by atomic mass is 32.2. The molecular formula is C24H32N4O2S2. The van der Waals surface area contributed by atoms with Crippen LogP contribution in [-0.2, 0) is 4.79 Å². The van der Waals surface area contributed by atoms with E-state index in [2.05, 4.69) is 19.2 Å². The number of thiocarbonyl (C=S) groups is 1. The summed E-state index contributed by atoms with van der Waals surface area (Å²) < 4.78 is 2.09. The maximum atomic E-state index is 13.3. The van der Waals surface area contributed by atoms with E-state index in [0.717, 1.165) is 24.8 Å². The van der Waals surface area contributed by atoms with Crippen molar-refractivity contribution in [3.63, 3.8) is 0 Å². The number of amides is 1. The molecule has 0 atom stereocenters. The van der Waals surface area contributed by atoms with Gasteiger partial charge in [-0.2, -0.15) is 0 Å². The normalized spacial score (nSPS) is 15.3. The summed E-state index contributed by atoms with van der Waals surface area (Å²) in [5, 5.41) is 3.26. The molecule has 1 amide bonds. The molecule has 0 aliphatic carbocycles. The van der Waals surface area contributed by atoms with Gasteiger partial charge in [-0.05, 0) is 37.5 Å². The zero-order valence-corrected chi connectivity index (χ0v) is 20.8. The fraction of sp³-hybridized carbons (Fsp3) is 0.500. The summed E-state index contributed by atoms with van der Waals surface area (Å²) in [5.74, 6) is 0.385. The van der Waals surface area contributed by atoms with Gasteiger partial charge in [-0.1, -0.05) is 76.0 Å². The number of aromatic nitrogens is 2. The number of nitrogens with one attached hydrogen (secondary N) is 1. The Labute approximate surface area is 199 Å².